The maximum atomic E-state index is 9.12. The predicted octanol–water partition coefficient (Wildman–Crippen LogP) is 0.981. The summed E-state index contributed by atoms with van der Waals surface area (Å²) < 4.78 is 13.7. The fraction of sp³-hybridized carbons (Fsp3) is 0.500. The molecule has 6 heteroatoms. The molecule has 0 aromatic heterocycles. The van der Waals surface area contributed by atoms with Crippen molar-refractivity contribution in [2.45, 2.75) is 4.90 Å². The van der Waals surface area contributed by atoms with Gasteiger partial charge >= 0.3 is 0 Å². The van der Waals surface area contributed by atoms with Crippen LogP contribution in [0.2, 0.25) is 0 Å². The molecule has 0 saturated carbocycles. The lowest BCUT2D eigenvalue weighted by molar-refractivity contribution is 0.0532. The molecule has 0 aliphatic rings. The maximum absolute atomic E-state index is 9.12. The second-order valence-corrected chi connectivity index (χ2v) is 4.47. The van der Waals surface area contributed by atoms with E-state index in [1.807, 2.05) is 12.1 Å². The van der Waals surface area contributed by atoms with Gasteiger partial charge in [0.05, 0.1) is 26.4 Å². The Hall–Kier alpha value is -0.790. The molecule has 1 rings (SSSR count). The Morgan fingerprint density at radius 3 is 2.39 bits per heavy atom. The molecule has 0 atom stereocenters. The van der Waals surface area contributed by atoms with Crippen molar-refractivity contribution >= 4 is 11.9 Å². The zero-order valence-corrected chi connectivity index (χ0v) is 11.1. The summed E-state index contributed by atoms with van der Waals surface area (Å²) >= 11 is 1.51. The third kappa shape index (κ3) is 7.52. The van der Waals surface area contributed by atoms with Gasteiger partial charge in [-0.2, -0.15) is 0 Å². The average Bonchev–Trinajstić information content (AvgIpc) is 2.39. The standard InChI is InChI=1S/C12H20N2O3S/c13-5-7-16-9-10-17-8-6-14-18-12-3-1-11(15)2-4-12/h1-4,14-15H,5-10,13H2. The fourth-order valence-electron chi connectivity index (χ4n) is 1.17. The zero-order valence-electron chi connectivity index (χ0n) is 10.3. The number of ether oxygens (including phenoxy) is 2. The summed E-state index contributed by atoms with van der Waals surface area (Å²) in [4.78, 5) is 1.05. The first-order valence-electron chi connectivity index (χ1n) is 5.87. The minimum atomic E-state index is 0.278. The first-order valence-corrected chi connectivity index (χ1v) is 6.69. The molecule has 18 heavy (non-hydrogen) atoms. The van der Waals surface area contributed by atoms with Crippen LogP contribution in [0.15, 0.2) is 29.2 Å². The third-order valence-corrected chi connectivity index (χ3v) is 2.87. The van der Waals surface area contributed by atoms with Gasteiger partial charge in [-0.15, -0.1) is 0 Å². The van der Waals surface area contributed by atoms with Crippen LogP contribution < -0.4 is 10.5 Å². The molecule has 0 amide bonds. The normalized spacial score (nSPS) is 10.7. The Kier molecular flexibility index (Phi) is 8.62. The Bertz CT molecular complexity index is 309. The van der Waals surface area contributed by atoms with Gasteiger partial charge in [-0.25, -0.2) is 0 Å². The summed E-state index contributed by atoms with van der Waals surface area (Å²) in [5, 5.41) is 9.12. The van der Waals surface area contributed by atoms with Crippen LogP contribution in [0.5, 0.6) is 5.75 Å². The highest BCUT2D eigenvalue weighted by molar-refractivity contribution is 7.97. The molecule has 0 spiro atoms. The largest absolute Gasteiger partial charge is 0.508 e. The Balaban J connectivity index is 1.91. The monoisotopic (exact) mass is 272 g/mol. The van der Waals surface area contributed by atoms with Gasteiger partial charge in [0.2, 0.25) is 0 Å². The summed E-state index contributed by atoms with van der Waals surface area (Å²) in [6.45, 7) is 3.69. The number of benzene rings is 1. The third-order valence-electron chi connectivity index (χ3n) is 2.01. The summed E-state index contributed by atoms with van der Waals surface area (Å²) in [6, 6.07) is 7.04. The first-order chi connectivity index (χ1) is 8.83. The minimum absolute atomic E-state index is 0.278. The van der Waals surface area contributed by atoms with Crippen LogP contribution in [-0.2, 0) is 9.47 Å². The van der Waals surface area contributed by atoms with E-state index in [0.29, 0.717) is 33.0 Å². The molecule has 5 nitrogen and oxygen atoms in total. The quantitative estimate of drug-likeness (QED) is 0.435. The minimum Gasteiger partial charge on any atom is -0.508 e. The molecule has 0 bridgehead atoms. The first kappa shape index (κ1) is 15.3. The van der Waals surface area contributed by atoms with E-state index >= 15 is 0 Å². The number of hydrogen-bond acceptors (Lipinski definition) is 6. The number of aromatic hydroxyl groups is 1. The van der Waals surface area contributed by atoms with Crippen molar-refractivity contribution in [3.8, 4) is 5.75 Å². The summed E-state index contributed by atoms with van der Waals surface area (Å²) in [5.41, 5.74) is 5.28. The number of hydrogen-bond donors (Lipinski definition) is 3. The van der Waals surface area contributed by atoms with E-state index in [4.69, 9.17) is 20.3 Å². The van der Waals surface area contributed by atoms with Gasteiger partial charge in [0.1, 0.15) is 5.75 Å². The SMILES string of the molecule is NCCOCCOCCNSc1ccc(O)cc1. The highest BCUT2D eigenvalue weighted by Crippen LogP contribution is 2.17. The van der Waals surface area contributed by atoms with E-state index in [9.17, 15) is 0 Å². The van der Waals surface area contributed by atoms with Gasteiger partial charge in [-0.1, -0.05) is 0 Å². The van der Waals surface area contributed by atoms with Crippen LogP contribution in [0, 0.1) is 0 Å². The Morgan fingerprint density at radius 2 is 1.72 bits per heavy atom. The molecule has 102 valence electrons. The van der Waals surface area contributed by atoms with E-state index in [0.717, 1.165) is 11.4 Å². The van der Waals surface area contributed by atoms with Crippen molar-refractivity contribution in [2.75, 3.05) is 39.5 Å². The topological polar surface area (TPSA) is 76.7 Å². The van der Waals surface area contributed by atoms with E-state index in [-0.39, 0.29) is 5.75 Å². The molecule has 0 heterocycles. The second kappa shape index (κ2) is 10.2. The average molecular weight is 272 g/mol. The molecule has 1 aromatic rings. The smallest absolute Gasteiger partial charge is 0.115 e. The van der Waals surface area contributed by atoms with Crippen molar-refractivity contribution in [1.29, 1.82) is 0 Å². The van der Waals surface area contributed by atoms with Gasteiger partial charge in [0, 0.05) is 18.0 Å². The molecule has 4 N–H and O–H groups in total. The molecule has 0 radical (unpaired) electrons. The molecule has 1 aromatic carbocycles. The van der Waals surface area contributed by atoms with Crippen LogP contribution in [0.25, 0.3) is 0 Å². The Morgan fingerprint density at radius 1 is 1.06 bits per heavy atom. The molecule has 0 aliphatic heterocycles. The maximum Gasteiger partial charge on any atom is 0.115 e. The van der Waals surface area contributed by atoms with Crippen LogP contribution in [0.4, 0.5) is 0 Å². The van der Waals surface area contributed by atoms with Crippen molar-refractivity contribution in [1.82, 2.24) is 4.72 Å². The van der Waals surface area contributed by atoms with E-state index < -0.39 is 0 Å². The molecule has 0 fully saturated rings. The van der Waals surface area contributed by atoms with Gasteiger partial charge in [0.25, 0.3) is 0 Å². The van der Waals surface area contributed by atoms with Crippen molar-refractivity contribution in [3.63, 3.8) is 0 Å². The summed E-state index contributed by atoms with van der Waals surface area (Å²) in [6.07, 6.45) is 0. The lowest BCUT2D eigenvalue weighted by Crippen LogP contribution is -2.16. The van der Waals surface area contributed by atoms with Crippen molar-refractivity contribution < 1.29 is 14.6 Å². The highest BCUT2D eigenvalue weighted by atomic mass is 32.2. The van der Waals surface area contributed by atoms with E-state index in [1.54, 1.807) is 12.1 Å². The fourth-order valence-corrected chi connectivity index (χ4v) is 1.79. The number of phenolic OH excluding ortho intramolecular Hbond substituents is 1. The van der Waals surface area contributed by atoms with Crippen LogP contribution >= 0.6 is 11.9 Å². The van der Waals surface area contributed by atoms with E-state index in [1.165, 1.54) is 11.9 Å². The summed E-state index contributed by atoms with van der Waals surface area (Å²) in [5.74, 6) is 0.278. The Labute approximate surface area is 112 Å². The number of rotatable bonds is 10. The molecule has 0 aliphatic carbocycles. The number of nitrogens with one attached hydrogen (secondary N) is 1. The van der Waals surface area contributed by atoms with Gasteiger partial charge in [-0.3, -0.25) is 4.72 Å². The van der Waals surface area contributed by atoms with Crippen molar-refractivity contribution in [3.05, 3.63) is 24.3 Å². The second-order valence-electron chi connectivity index (χ2n) is 3.50. The lowest BCUT2D eigenvalue weighted by Gasteiger charge is -2.06. The van der Waals surface area contributed by atoms with Crippen molar-refractivity contribution in [2.24, 2.45) is 5.73 Å². The lowest BCUT2D eigenvalue weighted by atomic mass is 10.3. The van der Waals surface area contributed by atoms with Crippen LogP contribution in [0.3, 0.4) is 0 Å². The van der Waals surface area contributed by atoms with Crippen LogP contribution in [-0.4, -0.2) is 44.6 Å². The van der Waals surface area contributed by atoms with Gasteiger partial charge in [0.15, 0.2) is 0 Å². The highest BCUT2D eigenvalue weighted by Gasteiger charge is 1.94. The number of nitrogens with two attached hydrogens (primary N) is 1. The molecule has 0 saturated heterocycles. The molecular formula is C12H20N2O3S. The number of phenols is 1. The molecular weight excluding hydrogens is 252 g/mol. The molecule has 0 unspecified atom stereocenters. The zero-order chi connectivity index (χ0) is 13.1. The van der Waals surface area contributed by atoms with Crippen LogP contribution in [0.1, 0.15) is 0 Å². The predicted molar refractivity (Wildman–Crippen MR) is 72.7 cm³/mol. The van der Waals surface area contributed by atoms with Gasteiger partial charge in [-0.05, 0) is 36.2 Å². The van der Waals surface area contributed by atoms with Gasteiger partial charge < -0.3 is 20.3 Å². The van der Waals surface area contributed by atoms with E-state index in [2.05, 4.69) is 4.72 Å². The summed E-state index contributed by atoms with van der Waals surface area (Å²) in [7, 11) is 0.